The van der Waals surface area contributed by atoms with Gasteiger partial charge in [-0.1, -0.05) is 18.0 Å². The summed E-state index contributed by atoms with van der Waals surface area (Å²) in [5, 5.41) is 11.0. The Morgan fingerprint density at radius 3 is 2.95 bits per heavy atom. The molecule has 0 aliphatic heterocycles. The van der Waals surface area contributed by atoms with E-state index in [1.54, 1.807) is 6.20 Å². The van der Waals surface area contributed by atoms with E-state index in [9.17, 15) is 0 Å². The zero-order chi connectivity index (χ0) is 13.1. The fourth-order valence-corrected chi connectivity index (χ4v) is 2.63. The monoisotopic (exact) mass is 261 g/mol. The predicted molar refractivity (Wildman–Crippen MR) is 69.3 cm³/mol. The smallest absolute Gasteiger partial charge is 0.229 e. The van der Waals surface area contributed by atoms with Gasteiger partial charge in [0.25, 0.3) is 0 Å². The van der Waals surface area contributed by atoms with Crippen LogP contribution >= 0.6 is 0 Å². The van der Waals surface area contributed by atoms with Gasteiger partial charge in [0.05, 0.1) is 6.54 Å². The average molecular weight is 261 g/mol. The van der Waals surface area contributed by atoms with Gasteiger partial charge in [0, 0.05) is 24.4 Å². The third kappa shape index (κ3) is 3.01. The number of aromatic nitrogens is 4. The van der Waals surface area contributed by atoms with Crippen molar-refractivity contribution in [1.29, 1.82) is 0 Å². The van der Waals surface area contributed by atoms with Gasteiger partial charge < -0.3 is 4.52 Å². The number of rotatable bonds is 5. The molecule has 0 bridgehead atoms. The minimum absolute atomic E-state index is 0.485. The van der Waals surface area contributed by atoms with Gasteiger partial charge in [-0.15, -0.1) is 0 Å². The van der Waals surface area contributed by atoms with Crippen molar-refractivity contribution >= 4 is 0 Å². The number of hydrogen-bond acceptors (Lipinski definition) is 5. The van der Waals surface area contributed by atoms with E-state index in [2.05, 4.69) is 25.2 Å². The van der Waals surface area contributed by atoms with Gasteiger partial charge in [-0.05, 0) is 26.0 Å². The second-order valence-electron chi connectivity index (χ2n) is 5.28. The number of H-pyrrole nitrogens is 1. The minimum Gasteiger partial charge on any atom is -0.339 e. The van der Waals surface area contributed by atoms with E-state index in [1.165, 1.54) is 25.7 Å². The highest BCUT2D eigenvalue weighted by atomic mass is 16.5. The third-order valence-electron chi connectivity index (χ3n) is 3.60. The van der Waals surface area contributed by atoms with Gasteiger partial charge in [0.2, 0.25) is 5.89 Å². The van der Waals surface area contributed by atoms with Crippen LogP contribution in [0.3, 0.4) is 0 Å². The molecule has 1 aliphatic rings. The minimum atomic E-state index is 0.485. The lowest BCUT2D eigenvalue weighted by Gasteiger charge is -2.12. The van der Waals surface area contributed by atoms with E-state index >= 15 is 0 Å². The summed E-state index contributed by atoms with van der Waals surface area (Å²) in [4.78, 5) is 6.65. The maximum absolute atomic E-state index is 5.38. The molecule has 0 spiro atoms. The molecule has 2 aromatic heterocycles. The van der Waals surface area contributed by atoms with E-state index in [4.69, 9.17) is 4.52 Å². The maximum atomic E-state index is 5.38. The summed E-state index contributed by atoms with van der Waals surface area (Å²) in [6, 6.07) is 1.97. The first-order valence-electron chi connectivity index (χ1n) is 6.80. The fraction of sp³-hybridized carbons (Fsp3) is 0.615. The molecule has 6 heteroatoms. The highest BCUT2D eigenvalue weighted by Gasteiger charge is 2.23. The topological polar surface area (TPSA) is 70.8 Å². The van der Waals surface area contributed by atoms with Crippen LogP contribution in [-0.2, 0) is 13.1 Å². The summed E-state index contributed by atoms with van der Waals surface area (Å²) in [6.45, 7) is 1.49. The second-order valence-corrected chi connectivity index (χ2v) is 5.28. The molecule has 2 aromatic rings. The lowest BCUT2D eigenvalue weighted by Crippen LogP contribution is -2.18. The highest BCUT2D eigenvalue weighted by molar-refractivity contribution is 4.99. The first kappa shape index (κ1) is 12.3. The van der Waals surface area contributed by atoms with Crippen LogP contribution < -0.4 is 0 Å². The molecule has 1 saturated carbocycles. The zero-order valence-corrected chi connectivity index (χ0v) is 11.2. The highest BCUT2D eigenvalue weighted by Crippen LogP contribution is 2.32. The largest absolute Gasteiger partial charge is 0.339 e. The van der Waals surface area contributed by atoms with Crippen molar-refractivity contribution in [1.82, 2.24) is 25.2 Å². The Labute approximate surface area is 112 Å². The second kappa shape index (κ2) is 5.52. The van der Waals surface area contributed by atoms with Crippen molar-refractivity contribution in [3.63, 3.8) is 0 Å². The van der Waals surface area contributed by atoms with Crippen molar-refractivity contribution < 1.29 is 4.52 Å². The summed E-state index contributed by atoms with van der Waals surface area (Å²) in [6.07, 6.45) is 6.69. The number of hydrogen-bond donors (Lipinski definition) is 1. The molecule has 0 radical (unpaired) electrons. The quantitative estimate of drug-likeness (QED) is 0.892. The Morgan fingerprint density at radius 2 is 2.21 bits per heavy atom. The van der Waals surface area contributed by atoms with Gasteiger partial charge in [-0.25, -0.2) is 0 Å². The van der Waals surface area contributed by atoms with E-state index in [0.717, 1.165) is 24.0 Å². The molecule has 3 rings (SSSR count). The van der Waals surface area contributed by atoms with Gasteiger partial charge >= 0.3 is 0 Å². The van der Waals surface area contributed by atoms with Gasteiger partial charge in [-0.2, -0.15) is 10.1 Å². The molecule has 19 heavy (non-hydrogen) atoms. The molecule has 0 saturated heterocycles. The Morgan fingerprint density at radius 1 is 1.37 bits per heavy atom. The predicted octanol–water partition coefficient (Wildman–Crippen LogP) is 2.08. The number of nitrogens with one attached hydrogen (secondary N) is 1. The lowest BCUT2D eigenvalue weighted by molar-refractivity contribution is 0.295. The fourth-order valence-electron chi connectivity index (χ4n) is 2.63. The molecule has 1 fully saturated rings. The third-order valence-corrected chi connectivity index (χ3v) is 3.60. The number of nitrogens with zero attached hydrogens (tertiary/aromatic N) is 4. The van der Waals surface area contributed by atoms with Crippen LogP contribution in [-0.4, -0.2) is 32.3 Å². The molecular weight excluding hydrogens is 242 g/mol. The Balaban J connectivity index is 1.57. The van der Waals surface area contributed by atoms with Crippen LogP contribution in [0.5, 0.6) is 0 Å². The van der Waals surface area contributed by atoms with Crippen molar-refractivity contribution in [2.24, 2.45) is 0 Å². The van der Waals surface area contributed by atoms with Crippen LogP contribution in [0.4, 0.5) is 0 Å². The molecule has 2 heterocycles. The normalized spacial score (nSPS) is 16.5. The molecule has 0 atom stereocenters. The first-order valence-corrected chi connectivity index (χ1v) is 6.80. The molecular formula is C13H19N5O. The van der Waals surface area contributed by atoms with E-state index in [0.29, 0.717) is 12.5 Å². The molecule has 0 aromatic carbocycles. The summed E-state index contributed by atoms with van der Waals surface area (Å²) in [5.74, 6) is 2.07. The maximum Gasteiger partial charge on any atom is 0.229 e. The summed E-state index contributed by atoms with van der Waals surface area (Å²) < 4.78 is 5.38. The van der Waals surface area contributed by atoms with E-state index < -0.39 is 0 Å². The van der Waals surface area contributed by atoms with Crippen molar-refractivity contribution in [2.45, 2.75) is 44.7 Å². The molecule has 1 N–H and O–H groups in total. The molecule has 0 unspecified atom stereocenters. The Kier molecular flexibility index (Phi) is 3.59. The van der Waals surface area contributed by atoms with Crippen LogP contribution in [0, 0.1) is 0 Å². The lowest BCUT2D eigenvalue weighted by atomic mass is 10.1. The molecule has 1 aliphatic carbocycles. The summed E-state index contributed by atoms with van der Waals surface area (Å²) in [5.41, 5.74) is 1.09. The van der Waals surface area contributed by atoms with Crippen molar-refractivity contribution in [2.75, 3.05) is 7.05 Å². The standard InChI is InChI=1S/C13H19N5O/c1-18(8-11-6-7-14-16-11)9-12-15-13(19-17-12)10-4-2-3-5-10/h6-7,10H,2-5,8-9H2,1H3,(H,14,16). The summed E-state index contributed by atoms with van der Waals surface area (Å²) in [7, 11) is 2.03. The van der Waals surface area contributed by atoms with Crippen molar-refractivity contribution in [3.8, 4) is 0 Å². The Bertz CT molecular complexity index is 501. The summed E-state index contributed by atoms with van der Waals surface area (Å²) >= 11 is 0. The van der Waals surface area contributed by atoms with Gasteiger partial charge in [0.1, 0.15) is 0 Å². The van der Waals surface area contributed by atoms with Gasteiger partial charge in [0.15, 0.2) is 5.82 Å². The molecule has 102 valence electrons. The Hall–Kier alpha value is -1.69. The molecule has 0 amide bonds. The SMILES string of the molecule is CN(Cc1noc(C2CCCC2)n1)Cc1ccn[nH]1. The average Bonchev–Trinajstić information content (AvgIpc) is 3.09. The van der Waals surface area contributed by atoms with Crippen LogP contribution in [0.1, 0.15) is 49.0 Å². The van der Waals surface area contributed by atoms with Gasteiger partial charge in [-0.3, -0.25) is 10.00 Å². The van der Waals surface area contributed by atoms with E-state index in [-0.39, 0.29) is 0 Å². The van der Waals surface area contributed by atoms with Crippen molar-refractivity contribution in [3.05, 3.63) is 29.7 Å². The van der Waals surface area contributed by atoms with Crippen LogP contribution in [0.15, 0.2) is 16.8 Å². The zero-order valence-electron chi connectivity index (χ0n) is 11.2. The van der Waals surface area contributed by atoms with Crippen LogP contribution in [0.2, 0.25) is 0 Å². The molecule has 6 nitrogen and oxygen atoms in total. The first-order chi connectivity index (χ1) is 9.31. The van der Waals surface area contributed by atoms with E-state index in [1.807, 2.05) is 13.1 Å². The number of aromatic amines is 1. The van der Waals surface area contributed by atoms with Crippen LogP contribution in [0.25, 0.3) is 0 Å².